The second-order valence-electron chi connectivity index (χ2n) is 7.55. The first kappa shape index (κ1) is 36.5. The molecule has 11 nitrogen and oxygen atoms in total. The van der Waals surface area contributed by atoms with Gasteiger partial charge in [0.25, 0.3) is 0 Å². The van der Waals surface area contributed by atoms with Crippen molar-refractivity contribution in [2.45, 2.75) is 102 Å². The first-order valence-electron chi connectivity index (χ1n) is 11.1. The molecule has 0 aromatic carbocycles. The van der Waals surface area contributed by atoms with Crippen LogP contribution in [0.2, 0.25) is 0 Å². The Bertz CT molecular complexity index is 509. The molecule has 12 heteroatoms. The van der Waals surface area contributed by atoms with E-state index in [1.807, 2.05) is 0 Å². The van der Waals surface area contributed by atoms with Gasteiger partial charge in [-0.3, -0.25) is 4.79 Å². The number of carbonyl (C=O) groups is 3. The van der Waals surface area contributed by atoms with E-state index in [0.29, 0.717) is 6.42 Å². The van der Waals surface area contributed by atoms with Gasteiger partial charge >= 0.3 is 23.1 Å². The number of nitrogens with one attached hydrogen (secondary N) is 1. The molecule has 0 spiro atoms. The number of rotatable bonds is 18. The third-order valence-electron chi connectivity index (χ3n) is 4.65. The summed E-state index contributed by atoms with van der Waals surface area (Å²) in [6.45, 7) is 1.54. The van der Waals surface area contributed by atoms with Gasteiger partial charge in [0.05, 0.1) is 12.6 Å². The number of carboxylic acids is 2. The van der Waals surface area contributed by atoms with Gasteiger partial charge in [0.1, 0.15) is 24.4 Å². The topological polar surface area (TPSA) is 211 Å². The van der Waals surface area contributed by atoms with Crippen LogP contribution >= 0.6 is 0 Å². The van der Waals surface area contributed by atoms with E-state index in [9.17, 15) is 24.6 Å². The number of unbranched alkanes of at least 4 members (excludes halogenated alkanes) is 8. The molecule has 0 rings (SSSR count). The van der Waals surface area contributed by atoms with Crippen LogP contribution in [0, 0.1) is 0 Å². The van der Waals surface area contributed by atoms with Gasteiger partial charge in [0.15, 0.2) is 0 Å². The molecule has 0 radical (unpaired) electrons. The molecular formula is C21H39MgNO10. The first-order valence-corrected chi connectivity index (χ1v) is 11.1. The standard InChI is InChI=1S/C15H29NO3.C6H12O7.Mg/c1-2-3-4-5-6-7-8-9-10-11-14(17)16-13-12-15(18)19;7-1-2(8)3(9)4(10)5(11)6(12)13;/h2-13H2,1H3,(H,16,17)(H,18,19);2-5,7-11H,1H2,(H,12,13);/q;;+2/p-2/t;2-,3-,4+,5-;/m.1./s1. The number of amides is 1. The zero-order valence-corrected chi connectivity index (χ0v) is 20.9. The number of aliphatic hydroxyl groups excluding tert-OH is 5. The van der Waals surface area contributed by atoms with Gasteiger partial charge in [0.2, 0.25) is 5.91 Å². The normalized spacial score (nSPS) is 14.0. The van der Waals surface area contributed by atoms with Crippen LogP contribution in [-0.4, -0.2) is 104 Å². The maximum atomic E-state index is 11.3. The van der Waals surface area contributed by atoms with E-state index in [-0.39, 0.29) is 41.9 Å². The first-order chi connectivity index (χ1) is 15.1. The van der Waals surface area contributed by atoms with Crippen LogP contribution in [-0.2, 0) is 14.4 Å². The summed E-state index contributed by atoms with van der Waals surface area (Å²) < 4.78 is 0. The molecule has 0 fully saturated rings. The summed E-state index contributed by atoms with van der Waals surface area (Å²) in [6.07, 6.45) is 3.35. The van der Waals surface area contributed by atoms with Crippen LogP contribution < -0.4 is 15.5 Å². The van der Waals surface area contributed by atoms with Gasteiger partial charge < -0.3 is 50.7 Å². The minimum atomic E-state index is -2.31. The smallest absolute Gasteiger partial charge is 0.550 e. The summed E-state index contributed by atoms with van der Waals surface area (Å²) >= 11 is 0. The molecule has 0 aliphatic rings. The van der Waals surface area contributed by atoms with Crippen LogP contribution in [0.4, 0.5) is 0 Å². The van der Waals surface area contributed by atoms with Crippen molar-refractivity contribution in [3.05, 3.63) is 0 Å². The SMILES string of the molecule is CCCCCCCCCCCC(=O)NCCC(=O)[O-].O=C([O-])[C@H](O)[C@@H](O)[C@H](O)[C@H](O)CO.[Mg+2]. The Morgan fingerprint density at radius 3 is 1.70 bits per heavy atom. The maximum absolute atomic E-state index is 11.3. The van der Waals surface area contributed by atoms with Crippen molar-refractivity contribution in [2.75, 3.05) is 13.2 Å². The number of aliphatic carboxylic acids is 2. The van der Waals surface area contributed by atoms with Gasteiger partial charge in [-0.05, 0) is 6.42 Å². The minimum absolute atomic E-state index is 0. The summed E-state index contributed by atoms with van der Waals surface area (Å²) in [7, 11) is 0. The zero-order valence-electron chi connectivity index (χ0n) is 19.5. The Labute approximate surface area is 211 Å². The van der Waals surface area contributed by atoms with Crippen LogP contribution in [0.3, 0.4) is 0 Å². The molecule has 0 saturated carbocycles. The molecule has 33 heavy (non-hydrogen) atoms. The van der Waals surface area contributed by atoms with Gasteiger partial charge in [-0.25, -0.2) is 0 Å². The largest absolute Gasteiger partial charge is 2.00 e. The van der Waals surface area contributed by atoms with Crippen LogP contribution in [0.25, 0.3) is 0 Å². The minimum Gasteiger partial charge on any atom is -0.550 e. The molecule has 6 N–H and O–H groups in total. The number of hydrogen-bond acceptors (Lipinski definition) is 10. The molecule has 0 unspecified atom stereocenters. The second kappa shape index (κ2) is 24.1. The van der Waals surface area contributed by atoms with Gasteiger partial charge in [-0.2, -0.15) is 0 Å². The zero-order chi connectivity index (χ0) is 24.9. The molecule has 0 aromatic rings. The van der Waals surface area contributed by atoms with Crippen molar-refractivity contribution in [2.24, 2.45) is 0 Å². The van der Waals surface area contributed by atoms with E-state index in [0.717, 1.165) is 12.8 Å². The van der Waals surface area contributed by atoms with E-state index < -0.39 is 43.0 Å². The van der Waals surface area contributed by atoms with E-state index in [2.05, 4.69) is 12.2 Å². The van der Waals surface area contributed by atoms with Crippen LogP contribution in [0.5, 0.6) is 0 Å². The van der Waals surface area contributed by atoms with Gasteiger partial charge in [0, 0.05) is 25.4 Å². The monoisotopic (exact) mass is 489 g/mol. The fourth-order valence-electron chi connectivity index (χ4n) is 2.65. The molecule has 4 atom stereocenters. The summed E-state index contributed by atoms with van der Waals surface area (Å²) in [4.78, 5) is 31.4. The van der Waals surface area contributed by atoms with E-state index in [4.69, 9.17) is 25.5 Å². The van der Waals surface area contributed by atoms with Crippen molar-refractivity contribution in [3.8, 4) is 0 Å². The Hall–Kier alpha value is -1.02. The Morgan fingerprint density at radius 1 is 0.788 bits per heavy atom. The number of carbonyl (C=O) groups excluding carboxylic acids is 3. The summed E-state index contributed by atoms with van der Waals surface area (Å²) in [5.74, 6) is -3.15. The maximum Gasteiger partial charge on any atom is 2.00 e. The Kier molecular flexibility index (Phi) is 26.7. The number of aliphatic hydroxyl groups is 5. The fraction of sp³-hybridized carbons (Fsp3) is 0.857. The quantitative estimate of drug-likeness (QED) is 0.0845. The number of hydrogen-bond donors (Lipinski definition) is 6. The van der Waals surface area contributed by atoms with Crippen molar-refractivity contribution in [1.29, 1.82) is 0 Å². The Morgan fingerprint density at radius 2 is 1.27 bits per heavy atom. The van der Waals surface area contributed by atoms with Crippen molar-refractivity contribution in [3.63, 3.8) is 0 Å². The summed E-state index contributed by atoms with van der Waals surface area (Å²) in [5.41, 5.74) is 0. The van der Waals surface area contributed by atoms with E-state index in [1.165, 1.54) is 44.9 Å². The number of carboxylic acid groups (broad SMARTS) is 2. The fourth-order valence-corrected chi connectivity index (χ4v) is 2.65. The third-order valence-corrected chi connectivity index (χ3v) is 4.65. The predicted octanol–water partition coefficient (Wildman–Crippen LogP) is -3.05. The molecule has 1 amide bonds. The summed E-state index contributed by atoms with van der Waals surface area (Å²) in [6, 6.07) is 0. The molecule has 0 aromatic heterocycles. The van der Waals surface area contributed by atoms with Crippen LogP contribution in [0.1, 0.15) is 77.6 Å². The van der Waals surface area contributed by atoms with E-state index in [1.54, 1.807) is 0 Å². The summed E-state index contributed by atoms with van der Waals surface area (Å²) in [5, 5.41) is 66.2. The van der Waals surface area contributed by atoms with Crippen molar-refractivity contribution >= 4 is 40.9 Å². The Balaban J connectivity index is -0.000000566. The molecule has 190 valence electrons. The van der Waals surface area contributed by atoms with Crippen LogP contribution in [0.15, 0.2) is 0 Å². The molecular weight excluding hydrogens is 451 g/mol. The predicted molar refractivity (Wildman–Crippen MR) is 116 cm³/mol. The second-order valence-corrected chi connectivity index (χ2v) is 7.55. The molecule has 0 bridgehead atoms. The van der Waals surface area contributed by atoms with Crippen molar-refractivity contribution < 1.29 is 50.1 Å². The molecule has 0 aliphatic carbocycles. The van der Waals surface area contributed by atoms with E-state index >= 15 is 0 Å². The average molecular weight is 490 g/mol. The van der Waals surface area contributed by atoms with Crippen molar-refractivity contribution in [1.82, 2.24) is 5.32 Å². The molecule has 0 saturated heterocycles. The third kappa shape index (κ3) is 22.5. The molecule has 0 aliphatic heterocycles. The average Bonchev–Trinajstić information content (AvgIpc) is 2.75. The van der Waals surface area contributed by atoms with Gasteiger partial charge in [-0.15, -0.1) is 0 Å². The van der Waals surface area contributed by atoms with Gasteiger partial charge in [-0.1, -0.05) is 58.3 Å². The molecule has 0 heterocycles.